The topological polar surface area (TPSA) is 50.7 Å². The second-order valence-electron chi connectivity index (χ2n) is 3.67. The lowest BCUT2D eigenvalue weighted by Gasteiger charge is -2.05. The molecule has 0 aromatic carbocycles. The molecular weight excluding hydrogens is 200 g/mol. The van der Waals surface area contributed by atoms with Crippen molar-refractivity contribution in [1.82, 2.24) is 15.0 Å². The highest BCUT2D eigenvalue weighted by Gasteiger charge is 1.96. The van der Waals surface area contributed by atoms with Crippen LogP contribution in [0.5, 0.6) is 0 Å². The summed E-state index contributed by atoms with van der Waals surface area (Å²) in [6.07, 6.45) is 3.61. The summed E-state index contributed by atoms with van der Waals surface area (Å²) in [6.45, 7) is 4.57. The molecule has 0 saturated carbocycles. The van der Waals surface area contributed by atoms with Gasteiger partial charge in [0.25, 0.3) is 0 Å². The average molecular weight is 214 g/mol. The number of pyridine rings is 1. The third kappa shape index (κ3) is 2.76. The quantitative estimate of drug-likeness (QED) is 0.850. The summed E-state index contributed by atoms with van der Waals surface area (Å²) in [5.41, 5.74) is 2.12. The molecule has 4 heteroatoms. The molecule has 0 bridgehead atoms. The predicted molar refractivity (Wildman–Crippen MR) is 63.1 cm³/mol. The Labute approximate surface area is 94.8 Å². The Morgan fingerprint density at radius 3 is 2.69 bits per heavy atom. The van der Waals surface area contributed by atoms with Crippen LogP contribution in [0.3, 0.4) is 0 Å². The summed E-state index contributed by atoms with van der Waals surface area (Å²) >= 11 is 0. The molecular formula is C12H14N4. The highest BCUT2D eigenvalue weighted by Crippen LogP contribution is 2.05. The molecule has 2 aromatic rings. The van der Waals surface area contributed by atoms with Crippen molar-refractivity contribution in [3.63, 3.8) is 0 Å². The van der Waals surface area contributed by atoms with E-state index in [9.17, 15) is 0 Å². The highest BCUT2D eigenvalue weighted by atomic mass is 15.0. The molecule has 0 fully saturated rings. The summed E-state index contributed by atoms with van der Waals surface area (Å²) in [4.78, 5) is 12.6. The standard InChI is InChI=1S/C12H14N4/c1-9-3-4-12(14-7-9)15-8-11-5-6-13-10(2)16-11/h3-7H,8H2,1-2H3,(H,14,15). The van der Waals surface area contributed by atoms with E-state index in [1.54, 1.807) is 6.20 Å². The monoisotopic (exact) mass is 214 g/mol. The minimum absolute atomic E-state index is 0.666. The van der Waals surface area contributed by atoms with E-state index in [0.29, 0.717) is 6.54 Å². The van der Waals surface area contributed by atoms with Crippen molar-refractivity contribution < 1.29 is 0 Å². The van der Waals surface area contributed by atoms with Gasteiger partial charge in [0.2, 0.25) is 0 Å². The summed E-state index contributed by atoms with van der Waals surface area (Å²) < 4.78 is 0. The molecule has 1 N–H and O–H groups in total. The lowest BCUT2D eigenvalue weighted by Crippen LogP contribution is -2.04. The maximum atomic E-state index is 4.30. The number of aryl methyl sites for hydroxylation is 2. The first-order valence-electron chi connectivity index (χ1n) is 5.19. The molecule has 0 aliphatic rings. The summed E-state index contributed by atoms with van der Waals surface area (Å²) in [5, 5.41) is 3.21. The third-order valence-electron chi connectivity index (χ3n) is 2.20. The van der Waals surface area contributed by atoms with Crippen LogP contribution in [0.25, 0.3) is 0 Å². The maximum Gasteiger partial charge on any atom is 0.126 e. The normalized spacial score (nSPS) is 10.1. The summed E-state index contributed by atoms with van der Waals surface area (Å²) in [6, 6.07) is 5.89. The lowest BCUT2D eigenvalue weighted by atomic mass is 10.3. The van der Waals surface area contributed by atoms with Crippen molar-refractivity contribution in [2.45, 2.75) is 20.4 Å². The molecule has 0 radical (unpaired) electrons. The van der Waals surface area contributed by atoms with Crippen molar-refractivity contribution in [1.29, 1.82) is 0 Å². The fourth-order valence-electron chi connectivity index (χ4n) is 1.36. The number of nitrogens with one attached hydrogen (secondary N) is 1. The van der Waals surface area contributed by atoms with Crippen LogP contribution in [0.1, 0.15) is 17.1 Å². The molecule has 0 unspecified atom stereocenters. The van der Waals surface area contributed by atoms with E-state index in [1.165, 1.54) is 0 Å². The first kappa shape index (κ1) is 10.5. The number of hydrogen-bond donors (Lipinski definition) is 1. The van der Waals surface area contributed by atoms with Crippen molar-refractivity contribution >= 4 is 5.82 Å². The van der Waals surface area contributed by atoms with Gasteiger partial charge < -0.3 is 5.32 Å². The van der Waals surface area contributed by atoms with Gasteiger partial charge in [-0.25, -0.2) is 15.0 Å². The second-order valence-corrected chi connectivity index (χ2v) is 3.67. The van der Waals surface area contributed by atoms with Crippen LogP contribution in [0.15, 0.2) is 30.6 Å². The van der Waals surface area contributed by atoms with E-state index in [0.717, 1.165) is 22.9 Å². The molecule has 0 saturated heterocycles. The Morgan fingerprint density at radius 2 is 2.00 bits per heavy atom. The molecule has 0 atom stereocenters. The largest absolute Gasteiger partial charge is 0.364 e. The fourth-order valence-corrected chi connectivity index (χ4v) is 1.36. The van der Waals surface area contributed by atoms with Crippen molar-refractivity contribution in [2.75, 3.05) is 5.32 Å². The Balaban J connectivity index is 1.99. The minimum Gasteiger partial charge on any atom is -0.364 e. The van der Waals surface area contributed by atoms with Gasteiger partial charge in [0, 0.05) is 12.4 Å². The third-order valence-corrected chi connectivity index (χ3v) is 2.20. The molecule has 0 aliphatic heterocycles. The van der Waals surface area contributed by atoms with Gasteiger partial charge in [-0.05, 0) is 31.5 Å². The zero-order chi connectivity index (χ0) is 11.4. The SMILES string of the molecule is Cc1ccc(NCc2ccnc(C)n2)nc1. The molecule has 2 rings (SSSR count). The van der Waals surface area contributed by atoms with Crippen molar-refractivity contribution in [2.24, 2.45) is 0 Å². The molecule has 4 nitrogen and oxygen atoms in total. The molecule has 82 valence electrons. The first-order chi connectivity index (χ1) is 7.74. The average Bonchev–Trinajstić information content (AvgIpc) is 2.28. The number of hydrogen-bond acceptors (Lipinski definition) is 4. The molecule has 2 heterocycles. The van der Waals surface area contributed by atoms with E-state index >= 15 is 0 Å². The van der Waals surface area contributed by atoms with E-state index in [2.05, 4.69) is 20.3 Å². The van der Waals surface area contributed by atoms with Crippen molar-refractivity contribution in [3.8, 4) is 0 Å². The van der Waals surface area contributed by atoms with Crippen LogP contribution in [0, 0.1) is 13.8 Å². The zero-order valence-electron chi connectivity index (χ0n) is 9.44. The van der Waals surface area contributed by atoms with Gasteiger partial charge in [0.1, 0.15) is 11.6 Å². The van der Waals surface area contributed by atoms with E-state index < -0.39 is 0 Å². The number of rotatable bonds is 3. The number of anilines is 1. The van der Waals surface area contributed by atoms with Crippen LogP contribution in [0.2, 0.25) is 0 Å². The fraction of sp³-hybridized carbons (Fsp3) is 0.250. The zero-order valence-corrected chi connectivity index (χ0v) is 9.44. The van der Waals surface area contributed by atoms with Crippen molar-refractivity contribution in [3.05, 3.63) is 47.7 Å². The van der Waals surface area contributed by atoms with Gasteiger partial charge in [-0.3, -0.25) is 0 Å². The molecule has 16 heavy (non-hydrogen) atoms. The van der Waals surface area contributed by atoms with Gasteiger partial charge >= 0.3 is 0 Å². The summed E-state index contributed by atoms with van der Waals surface area (Å²) in [7, 11) is 0. The Hall–Kier alpha value is -1.97. The minimum atomic E-state index is 0.666. The van der Waals surface area contributed by atoms with Crippen LogP contribution >= 0.6 is 0 Å². The Bertz CT molecular complexity index is 465. The summed E-state index contributed by atoms with van der Waals surface area (Å²) in [5.74, 6) is 1.65. The van der Waals surface area contributed by atoms with Crippen LogP contribution in [-0.4, -0.2) is 15.0 Å². The van der Waals surface area contributed by atoms with Crippen LogP contribution in [0.4, 0.5) is 5.82 Å². The van der Waals surface area contributed by atoms with Crippen LogP contribution < -0.4 is 5.32 Å². The van der Waals surface area contributed by atoms with Gasteiger partial charge in [-0.1, -0.05) is 6.07 Å². The Kier molecular flexibility index (Phi) is 3.10. The van der Waals surface area contributed by atoms with E-state index in [1.807, 2.05) is 38.2 Å². The van der Waals surface area contributed by atoms with E-state index in [-0.39, 0.29) is 0 Å². The van der Waals surface area contributed by atoms with Crippen LogP contribution in [-0.2, 0) is 6.54 Å². The van der Waals surface area contributed by atoms with Gasteiger partial charge in [-0.15, -0.1) is 0 Å². The highest BCUT2D eigenvalue weighted by molar-refractivity contribution is 5.35. The molecule has 0 spiro atoms. The second kappa shape index (κ2) is 4.70. The molecule has 0 amide bonds. The first-order valence-corrected chi connectivity index (χ1v) is 5.19. The number of aromatic nitrogens is 3. The smallest absolute Gasteiger partial charge is 0.126 e. The number of nitrogens with zero attached hydrogens (tertiary/aromatic N) is 3. The Morgan fingerprint density at radius 1 is 1.12 bits per heavy atom. The molecule has 2 aromatic heterocycles. The van der Waals surface area contributed by atoms with Gasteiger partial charge in [0.05, 0.1) is 12.2 Å². The predicted octanol–water partition coefficient (Wildman–Crippen LogP) is 2.10. The lowest BCUT2D eigenvalue weighted by molar-refractivity contribution is 0.949. The van der Waals surface area contributed by atoms with Gasteiger partial charge in [-0.2, -0.15) is 0 Å². The maximum absolute atomic E-state index is 4.30. The van der Waals surface area contributed by atoms with E-state index in [4.69, 9.17) is 0 Å². The van der Waals surface area contributed by atoms with Gasteiger partial charge in [0.15, 0.2) is 0 Å². The molecule has 0 aliphatic carbocycles.